The lowest BCUT2D eigenvalue weighted by Crippen LogP contribution is -2.54. The molecular formula is C48H57N11O8. The molecule has 1 atom stereocenters. The number of piperidine rings is 1. The number of imide groups is 2. The zero-order chi connectivity index (χ0) is 47.8. The van der Waals surface area contributed by atoms with Gasteiger partial charge in [-0.05, 0) is 87.7 Å². The highest BCUT2D eigenvalue weighted by Gasteiger charge is 2.45. The third kappa shape index (κ3) is 11.2. The first kappa shape index (κ1) is 47.7. The minimum atomic E-state index is -1.05. The van der Waals surface area contributed by atoms with Gasteiger partial charge in [0.1, 0.15) is 11.9 Å². The quantitative estimate of drug-likeness (QED) is 0.0407. The molecule has 0 aliphatic carbocycles. The second-order valence-corrected chi connectivity index (χ2v) is 17.1. The molecular weight excluding hydrogens is 859 g/mol. The van der Waals surface area contributed by atoms with E-state index in [2.05, 4.69) is 41.4 Å². The largest absolute Gasteiger partial charge is 0.382 e. The number of aryl methyl sites for hydroxylation is 2. The predicted octanol–water partition coefficient (Wildman–Crippen LogP) is 2.96. The highest BCUT2D eigenvalue weighted by molar-refractivity contribution is 6.25. The summed E-state index contributed by atoms with van der Waals surface area (Å²) in [4.78, 5) is 102. The monoisotopic (exact) mass is 915 g/mol. The number of amides is 6. The summed E-state index contributed by atoms with van der Waals surface area (Å²) in [5.41, 5.74) is 5.49. The van der Waals surface area contributed by atoms with Gasteiger partial charge in [0.25, 0.3) is 23.3 Å². The molecule has 3 aliphatic rings. The number of pyridine rings is 2. The minimum Gasteiger partial charge on any atom is -0.382 e. The molecule has 352 valence electrons. The number of carbonyl (C=O) groups is 6. The van der Waals surface area contributed by atoms with E-state index in [9.17, 15) is 33.6 Å². The average molecular weight is 916 g/mol. The first-order chi connectivity index (χ1) is 32.2. The number of ether oxygens (including phenoxy) is 1. The van der Waals surface area contributed by atoms with Crippen molar-refractivity contribution < 1.29 is 33.5 Å². The number of rotatable bonds is 19. The van der Waals surface area contributed by atoms with E-state index < -0.39 is 35.6 Å². The third-order valence-electron chi connectivity index (χ3n) is 12.0. The van der Waals surface area contributed by atoms with E-state index in [4.69, 9.17) is 15.1 Å². The molecule has 4 aromatic rings. The Morgan fingerprint density at radius 1 is 0.925 bits per heavy atom. The fraction of sp³-hybridized carbons (Fsp3) is 0.396. The van der Waals surface area contributed by atoms with Crippen molar-refractivity contribution in [1.82, 2.24) is 35.7 Å². The smallest absolute Gasteiger partial charge is 0.264 e. The van der Waals surface area contributed by atoms with E-state index >= 15 is 0 Å². The third-order valence-corrected chi connectivity index (χ3v) is 12.0. The van der Waals surface area contributed by atoms with Crippen LogP contribution in [0.25, 0.3) is 11.1 Å². The Morgan fingerprint density at radius 3 is 2.42 bits per heavy atom. The standard InChI is InChI=1S/C48H57N11O8/c1-28(2)54-38-24-32(23-34(35(38)25-49)44(62)53-27-36-29(3)22-30(4)55-45(36)63)31-8-10-40(52-26-31)58-18-16-57(17-19-58)15-13-51-41(60)12-20-67-21-14-50-37-7-5-6-33-43(37)48(66)59(47(33)65)39-9-11-42(61)56-46(39)64/h5-8,10,22-26,28,39,49-50,54H,9,11-21,27H2,1-4H3,(H,51,60)(H,53,62)(H,55,63)(H,56,61,64). The summed E-state index contributed by atoms with van der Waals surface area (Å²) >= 11 is 0. The number of hydrogen-bond donors (Lipinski definition) is 7. The number of aromatic amines is 1. The van der Waals surface area contributed by atoms with Crippen LogP contribution in [0.4, 0.5) is 17.2 Å². The maximum absolute atomic E-state index is 13.7. The van der Waals surface area contributed by atoms with Gasteiger partial charge in [0, 0.05) is 117 Å². The summed E-state index contributed by atoms with van der Waals surface area (Å²) in [6.07, 6.45) is 3.25. The van der Waals surface area contributed by atoms with Crippen molar-refractivity contribution in [2.45, 2.75) is 65.6 Å². The lowest BCUT2D eigenvalue weighted by molar-refractivity contribution is -0.136. The molecule has 2 aromatic carbocycles. The van der Waals surface area contributed by atoms with Gasteiger partial charge in [-0.3, -0.25) is 48.7 Å². The van der Waals surface area contributed by atoms with Crippen LogP contribution in [0.2, 0.25) is 0 Å². The van der Waals surface area contributed by atoms with Crippen LogP contribution in [0.1, 0.15) is 86.6 Å². The molecule has 7 N–H and O–H groups in total. The molecule has 2 aromatic heterocycles. The van der Waals surface area contributed by atoms with Crippen LogP contribution in [0, 0.1) is 19.3 Å². The maximum atomic E-state index is 13.7. The molecule has 5 heterocycles. The number of nitrogens with one attached hydrogen (secondary N) is 7. The molecule has 0 saturated carbocycles. The summed E-state index contributed by atoms with van der Waals surface area (Å²) in [6, 6.07) is 13.3. The fourth-order valence-electron chi connectivity index (χ4n) is 8.53. The van der Waals surface area contributed by atoms with E-state index in [1.54, 1.807) is 24.4 Å². The number of aromatic nitrogens is 2. The van der Waals surface area contributed by atoms with Gasteiger partial charge < -0.3 is 41.3 Å². The van der Waals surface area contributed by atoms with Gasteiger partial charge in [-0.25, -0.2) is 4.98 Å². The van der Waals surface area contributed by atoms with Crippen LogP contribution in [0.15, 0.2) is 59.5 Å². The number of H-pyrrole nitrogens is 1. The second-order valence-electron chi connectivity index (χ2n) is 17.1. The number of fused-ring (bicyclic) bond motifs is 1. The molecule has 19 heteroatoms. The topological polar surface area (TPSA) is 251 Å². The molecule has 0 bridgehead atoms. The van der Waals surface area contributed by atoms with Gasteiger partial charge >= 0.3 is 0 Å². The second kappa shape index (κ2) is 21.4. The summed E-state index contributed by atoms with van der Waals surface area (Å²) in [7, 11) is 0. The first-order valence-corrected chi connectivity index (χ1v) is 22.5. The lowest BCUT2D eigenvalue weighted by Gasteiger charge is -2.35. The van der Waals surface area contributed by atoms with Gasteiger partial charge in [-0.1, -0.05) is 6.07 Å². The van der Waals surface area contributed by atoms with Crippen LogP contribution in [0.5, 0.6) is 0 Å². The molecule has 19 nitrogen and oxygen atoms in total. The number of piperazine rings is 1. The summed E-state index contributed by atoms with van der Waals surface area (Å²) in [5, 5.41) is 22.7. The summed E-state index contributed by atoms with van der Waals surface area (Å²) in [6.45, 7) is 12.7. The van der Waals surface area contributed by atoms with Gasteiger partial charge in [0.15, 0.2) is 0 Å². The van der Waals surface area contributed by atoms with Crippen molar-refractivity contribution in [3.05, 3.63) is 104 Å². The maximum Gasteiger partial charge on any atom is 0.264 e. The summed E-state index contributed by atoms with van der Waals surface area (Å²) in [5.74, 6) is -1.97. The first-order valence-electron chi connectivity index (χ1n) is 22.5. The van der Waals surface area contributed by atoms with Crippen LogP contribution < -0.4 is 37.0 Å². The van der Waals surface area contributed by atoms with Crippen molar-refractivity contribution in [2.75, 3.05) is 74.6 Å². The number of carbonyl (C=O) groups excluding carboxylic acids is 6. The molecule has 6 amide bonds. The number of nitrogens with zero attached hydrogens (tertiary/aromatic N) is 4. The van der Waals surface area contributed by atoms with Gasteiger partial charge in [0.05, 0.1) is 29.9 Å². The Kier molecular flexibility index (Phi) is 15.2. The fourth-order valence-corrected chi connectivity index (χ4v) is 8.53. The lowest BCUT2D eigenvalue weighted by atomic mass is 9.97. The molecule has 1 unspecified atom stereocenters. The van der Waals surface area contributed by atoms with Crippen LogP contribution >= 0.6 is 0 Å². The van der Waals surface area contributed by atoms with Gasteiger partial charge in [-0.15, -0.1) is 0 Å². The van der Waals surface area contributed by atoms with Crippen molar-refractivity contribution >= 4 is 58.9 Å². The molecule has 2 saturated heterocycles. The number of hydrogen-bond acceptors (Lipinski definition) is 14. The Morgan fingerprint density at radius 2 is 1.72 bits per heavy atom. The number of benzene rings is 2. The van der Waals surface area contributed by atoms with E-state index in [1.807, 2.05) is 52.0 Å². The summed E-state index contributed by atoms with van der Waals surface area (Å²) < 4.78 is 5.66. The zero-order valence-corrected chi connectivity index (χ0v) is 38.2. The molecule has 0 spiro atoms. The predicted molar refractivity (Wildman–Crippen MR) is 253 cm³/mol. The van der Waals surface area contributed by atoms with Crippen molar-refractivity contribution in [3.63, 3.8) is 0 Å². The van der Waals surface area contributed by atoms with E-state index in [0.717, 1.165) is 59.3 Å². The average Bonchev–Trinajstić information content (AvgIpc) is 3.55. The Balaban J connectivity index is 0.830. The molecule has 67 heavy (non-hydrogen) atoms. The number of anilines is 3. The highest BCUT2D eigenvalue weighted by atomic mass is 16.5. The van der Waals surface area contributed by atoms with E-state index in [0.29, 0.717) is 47.7 Å². The van der Waals surface area contributed by atoms with Crippen molar-refractivity contribution in [1.29, 1.82) is 5.41 Å². The normalized spacial score (nSPS) is 16.2. The highest BCUT2D eigenvalue weighted by Crippen LogP contribution is 2.33. The van der Waals surface area contributed by atoms with Crippen LogP contribution in [0.3, 0.4) is 0 Å². The van der Waals surface area contributed by atoms with E-state index in [1.165, 1.54) is 12.3 Å². The van der Waals surface area contributed by atoms with Crippen LogP contribution in [-0.2, 0) is 25.7 Å². The van der Waals surface area contributed by atoms with Crippen molar-refractivity contribution in [3.8, 4) is 11.1 Å². The zero-order valence-electron chi connectivity index (χ0n) is 38.2. The molecule has 7 rings (SSSR count). The molecule has 2 fully saturated rings. The molecule has 3 aliphatic heterocycles. The van der Waals surface area contributed by atoms with E-state index in [-0.39, 0.29) is 67.7 Å². The minimum absolute atomic E-state index is 0.0367. The van der Waals surface area contributed by atoms with Crippen molar-refractivity contribution in [2.24, 2.45) is 0 Å². The van der Waals surface area contributed by atoms with Gasteiger partial charge in [-0.2, -0.15) is 0 Å². The Labute approximate surface area is 387 Å². The molecule has 0 radical (unpaired) electrons. The van der Waals surface area contributed by atoms with Gasteiger partial charge in [0.2, 0.25) is 17.7 Å². The van der Waals surface area contributed by atoms with Crippen LogP contribution in [-0.4, -0.2) is 133 Å². The Bertz CT molecular complexity index is 2620. The SMILES string of the molecule is Cc1cc(C)c(CNC(=O)c2cc(-c3ccc(N4CCN(CCNC(=O)CCOCCNc5cccc6c5C(=O)N(C5CCC(=O)NC5=O)C6=O)CC4)nc3)cc(NC(C)C)c2C=N)c(=O)[nH]1. The Hall–Kier alpha value is -7.25.